The van der Waals surface area contributed by atoms with Crippen molar-refractivity contribution in [3.8, 4) is 0 Å². The van der Waals surface area contributed by atoms with Crippen molar-refractivity contribution in [2.45, 2.75) is 98.6 Å². The van der Waals surface area contributed by atoms with E-state index in [0.29, 0.717) is 0 Å². The second-order valence-corrected chi connectivity index (χ2v) is 70.8. The van der Waals surface area contributed by atoms with E-state index in [0.717, 1.165) is 21.4 Å². The quantitative estimate of drug-likeness (QED) is 0.245. The van der Waals surface area contributed by atoms with Crippen LogP contribution in [0, 0.1) is 6.92 Å². The first-order valence-corrected chi connectivity index (χ1v) is 36.0. The van der Waals surface area contributed by atoms with Crippen LogP contribution in [-0.2, 0) is 8.85 Å². The van der Waals surface area contributed by atoms with E-state index in [2.05, 4.69) is 123 Å². The van der Waals surface area contributed by atoms with E-state index in [1.165, 1.54) is 11.1 Å². The van der Waals surface area contributed by atoms with E-state index < -0.39 is 45.1 Å². The molecule has 0 radical (unpaired) electrons. The summed E-state index contributed by atoms with van der Waals surface area (Å²) in [6.07, 6.45) is 0. The van der Waals surface area contributed by atoms with Gasteiger partial charge in [0.2, 0.25) is 15.7 Å². The fourth-order valence-electron chi connectivity index (χ4n) is 3.89. The summed E-state index contributed by atoms with van der Waals surface area (Å²) in [6.45, 7) is 37.8. The Morgan fingerprint density at radius 1 is 0.625 bits per heavy atom. The van der Waals surface area contributed by atoms with Gasteiger partial charge in [-0.05, 0) is 38.7 Å². The van der Waals surface area contributed by atoms with Crippen LogP contribution < -0.4 is 0 Å². The van der Waals surface area contributed by atoms with E-state index in [1.807, 2.05) is 0 Å². The minimum absolute atomic E-state index is 0.880. The highest BCUT2D eigenvalue weighted by molar-refractivity contribution is 7.67. The van der Waals surface area contributed by atoms with Crippen LogP contribution in [0.1, 0.15) is 11.1 Å². The van der Waals surface area contributed by atoms with Gasteiger partial charge in [-0.25, -0.2) is 0 Å². The number of benzene rings is 1. The van der Waals surface area contributed by atoms with E-state index >= 15 is 0 Å². The van der Waals surface area contributed by atoms with Crippen molar-refractivity contribution in [3.63, 3.8) is 0 Å². The van der Waals surface area contributed by atoms with Gasteiger partial charge < -0.3 is 8.85 Å². The van der Waals surface area contributed by atoms with Gasteiger partial charge >= 0.3 is 0 Å². The Labute approximate surface area is 208 Å². The number of hydrogen-bond acceptors (Lipinski definition) is 2. The smallest absolute Gasteiger partial charge is 0.226 e. The molecule has 1 aromatic rings. The summed E-state index contributed by atoms with van der Waals surface area (Å²) in [7, 11) is -8.46. The van der Waals surface area contributed by atoms with Gasteiger partial charge in [-0.1, -0.05) is 89.7 Å². The van der Waals surface area contributed by atoms with Crippen molar-refractivity contribution in [3.05, 3.63) is 40.8 Å². The minimum atomic E-state index is -1.94. The highest BCUT2D eigenvalue weighted by Crippen LogP contribution is 2.37. The molecule has 1 rings (SSSR count). The zero-order valence-corrected chi connectivity index (χ0v) is 32.1. The molecule has 0 saturated carbocycles. The lowest BCUT2D eigenvalue weighted by molar-refractivity contribution is 0.434. The van der Waals surface area contributed by atoms with Crippen molar-refractivity contribution >= 4 is 61.1 Å². The fraction of sp³-hybridized carbons (Fsp3) is 0.652. The summed E-state index contributed by atoms with van der Waals surface area (Å²) < 4.78 is 14.4. The van der Waals surface area contributed by atoms with Gasteiger partial charge in [0.15, 0.2) is 0 Å². The largest absolute Gasteiger partial charge is 0.552 e. The maximum Gasteiger partial charge on any atom is 0.226 e. The molecule has 1 aromatic carbocycles. The summed E-state index contributed by atoms with van der Waals surface area (Å²) in [5.41, 5.74) is 2.54. The zero-order chi connectivity index (χ0) is 25.6. The molecule has 0 aliphatic carbocycles. The van der Waals surface area contributed by atoms with E-state index in [9.17, 15) is 0 Å². The standard InChI is InChI=1S/C23H52O2Si7/c1-20-18-16-17-19-21(20)22(24-29(8,9)31(12,13)27(2,3)4)23(26)25-30(10,11)32(14,15)28(5,6)7/h16-19H,1-15,26H3. The van der Waals surface area contributed by atoms with Crippen LogP contribution in [0.25, 0.3) is 5.76 Å². The second kappa shape index (κ2) is 9.61. The highest BCUT2D eigenvalue weighted by Gasteiger charge is 2.55. The van der Waals surface area contributed by atoms with Crippen molar-refractivity contribution in [2.75, 3.05) is 0 Å². The monoisotopic (exact) mass is 556 g/mol. The minimum Gasteiger partial charge on any atom is -0.552 e. The van der Waals surface area contributed by atoms with E-state index in [4.69, 9.17) is 8.85 Å². The summed E-state index contributed by atoms with van der Waals surface area (Å²) in [6, 6.07) is 8.74. The van der Waals surface area contributed by atoms with Crippen molar-refractivity contribution in [2.24, 2.45) is 0 Å². The Hall–Kier alpha value is 0.0782. The van der Waals surface area contributed by atoms with Crippen molar-refractivity contribution in [1.82, 2.24) is 0 Å². The van der Waals surface area contributed by atoms with Crippen LogP contribution in [0.5, 0.6) is 0 Å². The first-order chi connectivity index (χ1) is 14.0. The molecule has 0 saturated heterocycles. The molecule has 0 atom stereocenters. The predicted octanol–water partition coefficient (Wildman–Crippen LogP) is 6.84. The molecule has 0 fully saturated rings. The van der Waals surface area contributed by atoms with Gasteiger partial charge in [-0.2, -0.15) is 0 Å². The molecule has 0 N–H and O–H groups in total. The van der Waals surface area contributed by atoms with Crippen molar-refractivity contribution < 1.29 is 8.85 Å². The van der Waals surface area contributed by atoms with E-state index in [1.54, 1.807) is 0 Å². The summed E-state index contributed by atoms with van der Waals surface area (Å²) in [5.74, 6) is 1.09. The first-order valence-electron chi connectivity index (χ1n) is 12.1. The molecule has 0 amide bonds. The number of rotatable bonds is 9. The lowest BCUT2D eigenvalue weighted by atomic mass is 10.1. The zero-order valence-electron chi connectivity index (χ0n) is 24.1. The lowest BCUT2D eigenvalue weighted by Gasteiger charge is -2.48. The average Bonchev–Trinajstić information content (AvgIpc) is 2.57. The van der Waals surface area contributed by atoms with Gasteiger partial charge in [-0.15, -0.1) is 0 Å². The summed E-state index contributed by atoms with van der Waals surface area (Å²) in [4.78, 5) is 0. The SMILES string of the molecule is Cc1ccccc1C(O[Si](C)(C)[Si](C)(C)[Si](C)(C)C)=C([SiH3])O[Si](C)(C)[Si](C)(C)[Si](C)(C)C. The molecule has 0 bridgehead atoms. The lowest BCUT2D eigenvalue weighted by Crippen LogP contribution is -2.70. The van der Waals surface area contributed by atoms with Crippen LogP contribution in [0.15, 0.2) is 29.6 Å². The second-order valence-electron chi connectivity index (χ2n) is 13.7. The molecule has 0 unspecified atom stereocenters. The Morgan fingerprint density at radius 2 is 1.00 bits per heavy atom. The molecular formula is C23H52O2Si7. The topological polar surface area (TPSA) is 18.5 Å². The third-order valence-electron chi connectivity index (χ3n) is 9.24. The summed E-state index contributed by atoms with van der Waals surface area (Å²) >= 11 is 0. The summed E-state index contributed by atoms with van der Waals surface area (Å²) in [5, 5.41) is 1.16. The molecule has 0 aliphatic heterocycles. The third kappa shape index (κ3) is 6.01. The molecular weight excluding hydrogens is 505 g/mol. The highest BCUT2D eigenvalue weighted by atomic mass is 29.7. The van der Waals surface area contributed by atoms with Gasteiger partial charge in [0, 0.05) is 20.7 Å². The van der Waals surface area contributed by atoms with Crippen LogP contribution >= 0.6 is 0 Å². The molecule has 0 heterocycles. The Kier molecular flexibility index (Phi) is 9.05. The molecule has 32 heavy (non-hydrogen) atoms. The molecule has 0 spiro atoms. The van der Waals surface area contributed by atoms with Crippen LogP contribution in [0.4, 0.5) is 0 Å². The Balaban J connectivity index is 3.66. The van der Waals surface area contributed by atoms with Gasteiger partial charge in [0.1, 0.15) is 5.76 Å². The van der Waals surface area contributed by atoms with Gasteiger partial charge in [0.05, 0.1) is 29.8 Å². The molecule has 0 aliphatic rings. The van der Waals surface area contributed by atoms with Gasteiger partial charge in [0.25, 0.3) is 0 Å². The Bertz CT molecular complexity index is 845. The number of hydrogen-bond donors (Lipinski definition) is 0. The Morgan fingerprint density at radius 3 is 1.38 bits per heavy atom. The number of aryl methyl sites for hydroxylation is 1. The molecule has 0 aromatic heterocycles. The molecule has 9 heteroatoms. The molecule has 2 nitrogen and oxygen atoms in total. The van der Waals surface area contributed by atoms with Crippen LogP contribution in [0.2, 0.25) is 91.7 Å². The maximum absolute atomic E-state index is 7.28. The predicted molar refractivity (Wildman–Crippen MR) is 167 cm³/mol. The van der Waals surface area contributed by atoms with Crippen molar-refractivity contribution in [1.29, 1.82) is 0 Å². The third-order valence-corrected chi connectivity index (χ3v) is 90.9. The maximum atomic E-state index is 7.28. The van der Waals surface area contributed by atoms with Crippen LogP contribution in [0.3, 0.4) is 0 Å². The van der Waals surface area contributed by atoms with Gasteiger partial charge in [-0.3, -0.25) is 0 Å². The van der Waals surface area contributed by atoms with E-state index in [-0.39, 0.29) is 0 Å². The van der Waals surface area contributed by atoms with Crippen LogP contribution in [-0.4, -0.2) is 55.3 Å². The normalized spacial score (nSPS) is 15.5. The molecule has 184 valence electrons. The first kappa shape index (κ1) is 30.1. The fourth-order valence-corrected chi connectivity index (χ4v) is 58.9. The average molecular weight is 557 g/mol.